The molecule has 2 amide bonds. The van der Waals surface area contributed by atoms with E-state index in [-0.39, 0.29) is 0 Å². The third kappa shape index (κ3) is 5.21. The molecule has 0 aliphatic carbocycles. The zero-order valence-electron chi connectivity index (χ0n) is 16.6. The van der Waals surface area contributed by atoms with Gasteiger partial charge in [-0.15, -0.1) is 0 Å². The summed E-state index contributed by atoms with van der Waals surface area (Å²) in [7, 11) is 1.28. The largest absolute Gasteiger partial charge is 0.467 e. The summed E-state index contributed by atoms with van der Waals surface area (Å²) in [6.07, 6.45) is 2.38. The number of benzene rings is 2. The number of anilines is 1. The molecule has 0 unspecified atom stereocenters. The second-order valence-corrected chi connectivity index (χ2v) is 7.51. The maximum absolute atomic E-state index is 12.4. The van der Waals surface area contributed by atoms with Crippen LogP contribution in [0.5, 0.6) is 0 Å². The highest BCUT2D eigenvalue weighted by atomic mass is 32.2. The lowest BCUT2D eigenvalue weighted by atomic mass is 10.1. The molecule has 2 aromatic carbocycles. The first-order valence-corrected chi connectivity index (χ1v) is 10.7. The molecule has 1 aromatic heterocycles. The van der Waals surface area contributed by atoms with Crippen LogP contribution in [0.2, 0.25) is 0 Å². The number of carbonyl (C=O) groups excluding carboxylic acids is 2. The second-order valence-electron chi connectivity index (χ2n) is 6.52. The number of hydrogen-bond donors (Lipinski definition) is 2. The predicted molar refractivity (Wildman–Crippen MR) is 119 cm³/mol. The number of amides is 2. The smallest absolute Gasteiger partial charge is 0.344 e. The highest BCUT2D eigenvalue weighted by molar-refractivity contribution is 7.98. The maximum Gasteiger partial charge on any atom is 0.344 e. The average Bonchev–Trinajstić information content (AvgIpc) is 2.75. The number of rotatable bonds is 7. The van der Waals surface area contributed by atoms with Crippen molar-refractivity contribution in [1.82, 2.24) is 5.32 Å². The van der Waals surface area contributed by atoms with Gasteiger partial charge in [-0.1, -0.05) is 30.3 Å². The number of carbonyl (C=O) groups is 2. The van der Waals surface area contributed by atoms with Crippen LogP contribution in [0, 0.1) is 0 Å². The van der Waals surface area contributed by atoms with Crippen LogP contribution < -0.4 is 16.3 Å². The first-order valence-electron chi connectivity index (χ1n) is 9.29. The Labute approximate surface area is 177 Å². The van der Waals surface area contributed by atoms with Crippen molar-refractivity contribution in [3.05, 3.63) is 65.0 Å². The van der Waals surface area contributed by atoms with E-state index in [2.05, 4.69) is 10.6 Å². The fourth-order valence-electron chi connectivity index (χ4n) is 2.98. The van der Waals surface area contributed by atoms with Crippen molar-refractivity contribution in [2.24, 2.45) is 0 Å². The quantitative estimate of drug-likeness (QED) is 0.440. The van der Waals surface area contributed by atoms with Crippen LogP contribution in [0.15, 0.2) is 63.8 Å². The van der Waals surface area contributed by atoms with Gasteiger partial charge in [-0.05, 0) is 48.3 Å². The third-order valence-electron chi connectivity index (χ3n) is 4.47. The second kappa shape index (κ2) is 9.98. The van der Waals surface area contributed by atoms with Crippen LogP contribution in [0.3, 0.4) is 0 Å². The fourth-order valence-corrected chi connectivity index (χ4v) is 3.45. The molecule has 0 saturated heterocycles. The molecule has 0 radical (unpaired) electrons. The van der Waals surface area contributed by atoms with Gasteiger partial charge in [-0.2, -0.15) is 11.8 Å². The van der Waals surface area contributed by atoms with Gasteiger partial charge in [0.05, 0.1) is 12.7 Å². The Morgan fingerprint density at radius 1 is 1.13 bits per heavy atom. The summed E-state index contributed by atoms with van der Waals surface area (Å²) in [6, 6.07) is 14.6. The molecule has 0 aliphatic heterocycles. The minimum Gasteiger partial charge on any atom is -0.467 e. The number of nitrogens with one attached hydrogen (secondary N) is 2. The first kappa shape index (κ1) is 21.4. The molecule has 3 aromatic rings. The molecule has 2 N–H and O–H groups in total. The lowest BCUT2D eigenvalue weighted by Gasteiger charge is -2.16. The Morgan fingerprint density at radius 3 is 2.70 bits per heavy atom. The molecule has 1 atom stereocenters. The van der Waals surface area contributed by atoms with E-state index in [9.17, 15) is 14.4 Å². The van der Waals surface area contributed by atoms with Gasteiger partial charge in [0.25, 0.3) is 0 Å². The third-order valence-corrected chi connectivity index (χ3v) is 5.12. The number of urea groups is 1. The monoisotopic (exact) mass is 426 g/mol. The van der Waals surface area contributed by atoms with Crippen molar-refractivity contribution in [2.45, 2.75) is 12.5 Å². The summed E-state index contributed by atoms with van der Waals surface area (Å²) < 4.78 is 10.1. The lowest BCUT2D eigenvalue weighted by Crippen LogP contribution is -2.44. The molecule has 0 saturated carbocycles. The van der Waals surface area contributed by atoms with Gasteiger partial charge < -0.3 is 19.8 Å². The van der Waals surface area contributed by atoms with Gasteiger partial charge in [0.1, 0.15) is 11.6 Å². The Hall–Kier alpha value is -3.26. The average molecular weight is 426 g/mol. The highest BCUT2D eigenvalue weighted by Gasteiger charge is 2.21. The number of thioether (sulfide) groups is 1. The van der Waals surface area contributed by atoms with E-state index in [1.165, 1.54) is 7.11 Å². The molecule has 30 heavy (non-hydrogen) atoms. The standard InChI is InChI=1S/C22H22N2O5S/c1-28-21(26)18(10-11-30-2)24-22(27)23-16-8-5-7-14(12-16)17-13-15-6-3-4-9-19(15)29-20(17)25/h3-9,12-13,18H,10-11H2,1-2H3,(H2,23,24,27)/t18-/m0/s1. The number of ether oxygens (including phenoxy) is 1. The number of para-hydroxylation sites is 1. The summed E-state index contributed by atoms with van der Waals surface area (Å²) >= 11 is 1.57. The number of fused-ring (bicyclic) bond motifs is 1. The normalized spacial score (nSPS) is 11.7. The molecule has 3 rings (SSSR count). The zero-order chi connectivity index (χ0) is 21.5. The summed E-state index contributed by atoms with van der Waals surface area (Å²) in [5.74, 6) is 0.203. The van der Waals surface area contributed by atoms with Crippen LogP contribution in [0.4, 0.5) is 10.5 Å². The summed E-state index contributed by atoms with van der Waals surface area (Å²) in [6.45, 7) is 0. The molecule has 156 valence electrons. The molecular weight excluding hydrogens is 404 g/mol. The van der Waals surface area contributed by atoms with E-state index in [1.807, 2.05) is 18.4 Å². The SMILES string of the molecule is COC(=O)[C@H](CCSC)NC(=O)Nc1cccc(-c2cc3ccccc3oc2=O)c1. The van der Waals surface area contributed by atoms with E-state index in [1.54, 1.807) is 54.2 Å². The first-order chi connectivity index (χ1) is 14.5. The molecule has 1 heterocycles. The van der Waals surface area contributed by atoms with Gasteiger partial charge in [-0.3, -0.25) is 0 Å². The van der Waals surface area contributed by atoms with Crippen molar-refractivity contribution < 1.29 is 18.7 Å². The van der Waals surface area contributed by atoms with Crippen LogP contribution in [0.1, 0.15) is 6.42 Å². The minimum atomic E-state index is -0.738. The molecule has 7 nitrogen and oxygen atoms in total. The Morgan fingerprint density at radius 2 is 1.93 bits per heavy atom. The van der Waals surface area contributed by atoms with Crippen LogP contribution in [0.25, 0.3) is 22.1 Å². The summed E-state index contributed by atoms with van der Waals surface area (Å²) in [5.41, 5.74) is 1.53. The van der Waals surface area contributed by atoms with Gasteiger partial charge in [0.2, 0.25) is 0 Å². The number of hydrogen-bond acceptors (Lipinski definition) is 6. The van der Waals surface area contributed by atoms with E-state index in [4.69, 9.17) is 9.15 Å². The van der Waals surface area contributed by atoms with Crippen LogP contribution in [-0.4, -0.2) is 37.2 Å². The molecule has 8 heteroatoms. The van der Waals surface area contributed by atoms with Gasteiger partial charge in [0, 0.05) is 11.1 Å². The van der Waals surface area contributed by atoms with Gasteiger partial charge >= 0.3 is 17.6 Å². The van der Waals surface area contributed by atoms with Gasteiger partial charge in [0.15, 0.2) is 0 Å². The zero-order valence-corrected chi connectivity index (χ0v) is 17.5. The molecule has 0 bridgehead atoms. The van der Waals surface area contributed by atoms with Crippen molar-refractivity contribution in [3.63, 3.8) is 0 Å². The lowest BCUT2D eigenvalue weighted by molar-refractivity contribution is -0.142. The van der Waals surface area contributed by atoms with Crippen molar-refractivity contribution >= 4 is 40.4 Å². The Kier molecular flexibility index (Phi) is 7.13. The van der Waals surface area contributed by atoms with Crippen molar-refractivity contribution in [1.29, 1.82) is 0 Å². The van der Waals surface area contributed by atoms with E-state index < -0.39 is 23.7 Å². The summed E-state index contributed by atoms with van der Waals surface area (Å²) in [5, 5.41) is 6.13. The van der Waals surface area contributed by atoms with Crippen molar-refractivity contribution in [3.8, 4) is 11.1 Å². The molecule has 0 aliphatic rings. The predicted octanol–water partition coefficient (Wildman–Crippen LogP) is 3.88. The van der Waals surface area contributed by atoms with Crippen LogP contribution in [-0.2, 0) is 9.53 Å². The van der Waals surface area contributed by atoms with E-state index in [0.29, 0.717) is 34.6 Å². The van der Waals surface area contributed by atoms with E-state index >= 15 is 0 Å². The molecule has 0 fully saturated rings. The Balaban J connectivity index is 1.78. The minimum absolute atomic E-state index is 0.394. The van der Waals surface area contributed by atoms with Crippen molar-refractivity contribution in [2.75, 3.05) is 24.4 Å². The van der Waals surface area contributed by atoms with Gasteiger partial charge in [-0.25, -0.2) is 14.4 Å². The highest BCUT2D eigenvalue weighted by Crippen LogP contribution is 2.23. The molecule has 0 spiro atoms. The number of esters is 1. The maximum atomic E-state index is 12.4. The number of methoxy groups -OCH3 is 1. The van der Waals surface area contributed by atoms with E-state index in [0.717, 1.165) is 5.39 Å². The topological polar surface area (TPSA) is 97.6 Å². The molecular formula is C22H22N2O5S. The Bertz CT molecular complexity index is 1110. The fraction of sp³-hybridized carbons (Fsp3) is 0.227. The summed E-state index contributed by atoms with van der Waals surface area (Å²) in [4.78, 5) is 36.7. The van der Waals surface area contributed by atoms with Crippen LogP contribution >= 0.6 is 11.8 Å².